The highest BCUT2D eigenvalue weighted by molar-refractivity contribution is 5.94. The minimum absolute atomic E-state index is 0.0561. The van der Waals surface area contributed by atoms with Gasteiger partial charge in [-0.1, -0.05) is 32.4 Å². The molecule has 2 bridgehead atoms. The van der Waals surface area contributed by atoms with Gasteiger partial charge in [0.25, 0.3) is 0 Å². The average molecular weight is 330 g/mol. The molecule has 2 saturated carbocycles. The van der Waals surface area contributed by atoms with Crippen LogP contribution in [0.1, 0.15) is 41.0 Å². The van der Waals surface area contributed by atoms with E-state index in [9.17, 15) is 9.59 Å². The van der Waals surface area contributed by atoms with Gasteiger partial charge in [-0.05, 0) is 31.6 Å². The molecule has 0 spiro atoms. The van der Waals surface area contributed by atoms with E-state index in [1.54, 1.807) is 0 Å². The molecule has 4 fully saturated rings. The maximum absolute atomic E-state index is 13.1. The SMILES string of the molecule is C=CC1C(C)(C)C(=O)C2CC1(C)C1C2OC2C(=C(C)C)C(=O)OC21. The van der Waals surface area contributed by atoms with Crippen molar-refractivity contribution >= 4 is 11.8 Å². The summed E-state index contributed by atoms with van der Waals surface area (Å²) in [6.07, 6.45) is 1.99. The lowest BCUT2D eigenvalue weighted by Crippen LogP contribution is -2.50. The number of ether oxygens (including phenoxy) is 2. The first-order valence-corrected chi connectivity index (χ1v) is 8.85. The number of fused-ring (bicyclic) bond motifs is 7. The van der Waals surface area contributed by atoms with Crippen molar-refractivity contribution in [1.29, 1.82) is 0 Å². The molecule has 0 aromatic rings. The number of ketones is 1. The molecule has 130 valence electrons. The molecule has 0 amide bonds. The third-order valence-electron chi connectivity index (χ3n) is 7.11. The zero-order valence-corrected chi connectivity index (χ0v) is 15.1. The maximum Gasteiger partial charge on any atom is 0.337 e. The van der Waals surface area contributed by atoms with E-state index in [0.717, 1.165) is 12.0 Å². The molecule has 2 aliphatic carbocycles. The number of carbonyl (C=O) groups excluding carboxylic acids is 2. The van der Waals surface area contributed by atoms with Crippen LogP contribution in [0.15, 0.2) is 23.8 Å². The Labute approximate surface area is 143 Å². The van der Waals surface area contributed by atoms with Crippen LogP contribution >= 0.6 is 0 Å². The third-order valence-corrected chi connectivity index (χ3v) is 7.11. The highest BCUT2D eigenvalue weighted by Crippen LogP contribution is 2.67. The minimum atomic E-state index is -0.454. The van der Waals surface area contributed by atoms with Gasteiger partial charge < -0.3 is 9.47 Å². The van der Waals surface area contributed by atoms with Crippen LogP contribution in [0.5, 0.6) is 0 Å². The molecule has 4 heteroatoms. The normalized spacial score (nSPS) is 48.1. The standard InChI is InChI=1S/C20H26O4/c1-7-11-19(4,5)17(21)10-8-20(11,6)13-14(10)23-15-12(9(2)3)18(22)24-16(13)15/h7,10-11,13-16H,1,8H2,2-6H3. The van der Waals surface area contributed by atoms with E-state index in [4.69, 9.17) is 9.47 Å². The summed E-state index contributed by atoms with van der Waals surface area (Å²) in [6.45, 7) is 14.1. The lowest BCUT2D eigenvalue weighted by molar-refractivity contribution is -0.147. The van der Waals surface area contributed by atoms with Gasteiger partial charge in [0.05, 0.1) is 11.7 Å². The fraction of sp³-hybridized carbons (Fsp3) is 0.700. The van der Waals surface area contributed by atoms with Gasteiger partial charge in [-0.2, -0.15) is 0 Å². The predicted molar refractivity (Wildman–Crippen MR) is 89.1 cm³/mol. The molecule has 7 atom stereocenters. The number of hydrogen-bond acceptors (Lipinski definition) is 4. The summed E-state index contributed by atoms with van der Waals surface area (Å²) < 4.78 is 12.1. The molecule has 0 aromatic carbocycles. The fourth-order valence-electron chi connectivity index (χ4n) is 6.28. The Morgan fingerprint density at radius 3 is 2.46 bits per heavy atom. The first-order chi connectivity index (χ1) is 11.1. The van der Waals surface area contributed by atoms with Gasteiger partial charge in [-0.25, -0.2) is 4.79 Å². The summed E-state index contributed by atoms with van der Waals surface area (Å²) in [7, 11) is 0. The van der Waals surface area contributed by atoms with Gasteiger partial charge in [0.15, 0.2) is 0 Å². The van der Waals surface area contributed by atoms with E-state index in [2.05, 4.69) is 13.5 Å². The third kappa shape index (κ3) is 1.63. The lowest BCUT2D eigenvalue weighted by atomic mass is 9.54. The predicted octanol–water partition coefficient (Wildman–Crippen LogP) is 3.07. The van der Waals surface area contributed by atoms with E-state index in [1.807, 2.05) is 33.8 Å². The Morgan fingerprint density at radius 2 is 1.88 bits per heavy atom. The van der Waals surface area contributed by atoms with E-state index in [1.165, 1.54) is 0 Å². The number of esters is 1. The van der Waals surface area contributed by atoms with Crippen molar-refractivity contribution in [3.8, 4) is 0 Å². The Hall–Kier alpha value is -1.42. The van der Waals surface area contributed by atoms with Gasteiger partial charge >= 0.3 is 5.97 Å². The quantitative estimate of drug-likeness (QED) is 0.421. The molecule has 7 unspecified atom stereocenters. The Bertz CT molecular complexity index is 684. The molecule has 4 aliphatic rings. The summed E-state index contributed by atoms with van der Waals surface area (Å²) in [5, 5.41) is 0. The molecule has 4 rings (SSSR count). The van der Waals surface area contributed by atoms with E-state index in [0.29, 0.717) is 5.57 Å². The molecule has 2 heterocycles. The van der Waals surface area contributed by atoms with Crippen LogP contribution in [0.4, 0.5) is 0 Å². The van der Waals surface area contributed by atoms with Crippen LogP contribution in [0.3, 0.4) is 0 Å². The highest BCUT2D eigenvalue weighted by Gasteiger charge is 2.72. The summed E-state index contributed by atoms with van der Waals surface area (Å²) in [5.74, 6) is 0.0214. The van der Waals surface area contributed by atoms with Crippen molar-refractivity contribution in [1.82, 2.24) is 0 Å². The first-order valence-electron chi connectivity index (χ1n) is 8.85. The monoisotopic (exact) mass is 330 g/mol. The van der Waals surface area contributed by atoms with Crippen LogP contribution in [-0.4, -0.2) is 30.1 Å². The van der Waals surface area contributed by atoms with Gasteiger partial charge in [0.2, 0.25) is 0 Å². The van der Waals surface area contributed by atoms with E-state index >= 15 is 0 Å². The summed E-state index contributed by atoms with van der Waals surface area (Å²) in [6, 6.07) is 0. The molecule has 2 saturated heterocycles. The Morgan fingerprint density at radius 1 is 1.21 bits per heavy atom. The number of rotatable bonds is 1. The molecule has 0 radical (unpaired) electrons. The van der Waals surface area contributed by atoms with Gasteiger partial charge in [-0.3, -0.25) is 4.79 Å². The van der Waals surface area contributed by atoms with Crippen molar-refractivity contribution in [2.75, 3.05) is 0 Å². The molecule has 24 heavy (non-hydrogen) atoms. The van der Waals surface area contributed by atoms with Gasteiger partial charge in [0, 0.05) is 17.3 Å². The van der Waals surface area contributed by atoms with Crippen LogP contribution in [0.25, 0.3) is 0 Å². The topological polar surface area (TPSA) is 52.6 Å². The fourth-order valence-corrected chi connectivity index (χ4v) is 6.28. The van der Waals surface area contributed by atoms with Crippen molar-refractivity contribution < 1.29 is 19.1 Å². The number of carbonyl (C=O) groups is 2. The second kappa shape index (κ2) is 4.60. The van der Waals surface area contributed by atoms with E-state index in [-0.39, 0.29) is 53.2 Å². The van der Waals surface area contributed by atoms with Gasteiger partial charge in [0.1, 0.15) is 18.0 Å². The minimum Gasteiger partial charge on any atom is -0.455 e. The van der Waals surface area contributed by atoms with Crippen LogP contribution in [-0.2, 0) is 19.1 Å². The molecule has 0 aromatic heterocycles. The van der Waals surface area contributed by atoms with Crippen molar-refractivity contribution in [2.24, 2.45) is 28.6 Å². The zero-order chi connectivity index (χ0) is 17.6. The number of Topliss-reactive ketones (excluding diaryl/α,β-unsaturated/α-hetero) is 1. The van der Waals surface area contributed by atoms with E-state index < -0.39 is 5.41 Å². The zero-order valence-electron chi connectivity index (χ0n) is 15.1. The largest absolute Gasteiger partial charge is 0.455 e. The Balaban J connectivity index is 1.83. The molecular weight excluding hydrogens is 304 g/mol. The highest BCUT2D eigenvalue weighted by atomic mass is 16.6. The molecule has 0 N–H and O–H groups in total. The molecular formula is C20H26O4. The summed E-state index contributed by atoms with van der Waals surface area (Å²) in [4.78, 5) is 25.4. The van der Waals surface area contributed by atoms with Gasteiger partial charge in [-0.15, -0.1) is 6.58 Å². The summed E-state index contributed by atoms with van der Waals surface area (Å²) in [5.41, 5.74) is 1.00. The second-order valence-corrected chi connectivity index (χ2v) is 8.95. The summed E-state index contributed by atoms with van der Waals surface area (Å²) >= 11 is 0. The van der Waals surface area contributed by atoms with Crippen LogP contribution < -0.4 is 0 Å². The number of hydrogen-bond donors (Lipinski definition) is 0. The molecule has 4 nitrogen and oxygen atoms in total. The van der Waals surface area contributed by atoms with Crippen molar-refractivity contribution in [2.45, 2.75) is 59.4 Å². The van der Waals surface area contributed by atoms with Crippen LogP contribution in [0, 0.1) is 28.6 Å². The second-order valence-electron chi connectivity index (χ2n) is 8.95. The number of allylic oxidation sites excluding steroid dienone is 2. The smallest absolute Gasteiger partial charge is 0.337 e. The maximum atomic E-state index is 13.1. The Kier molecular flexibility index (Phi) is 3.08. The van der Waals surface area contributed by atoms with Crippen molar-refractivity contribution in [3.05, 3.63) is 23.8 Å². The first kappa shape index (κ1) is 16.1. The van der Waals surface area contributed by atoms with Crippen molar-refractivity contribution in [3.63, 3.8) is 0 Å². The lowest BCUT2D eigenvalue weighted by Gasteiger charge is -2.48. The van der Waals surface area contributed by atoms with Crippen LogP contribution in [0.2, 0.25) is 0 Å². The molecule has 2 aliphatic heterocycles. The average Bonchev–Trinajstić information content (AvgIpc) is 3.04.